The Morgan fingerprint density at radius 1 is 1.30 bits per heavy atom. The van der Waals surface area contributed by atoms with Gasteiger partial charge in [-0.2, -0.15) is 5.26 Å². The summed E-state index contributed by atoms with van der Waals surface area (Å²) in [5.41, 5.74) is 3.27. The number of carbonyl (C=O) groups excluding carboxylic acids is 1. The quantitative estimate of drug-likeness (QED) is 0.439. The number of ether oxygens (including phenoxy) is 1. The topological polar surface area (TPSA) is 82.3 Å². The van der Waals surface area contributed by atoms with Crippen LogP contribution in [0.5, 0.6) is 11.5 Å². The fourth-order valence-corrected chi connectivity index (χ4v) is 2.65. The number of benzene rings is 2. The van der Waals surface area contributed by atoms with Crippen LogP contribution in [0.3, 0.4) is 0 Å². The van der Waals surface area contributed by atoms with Gasteiger partial charge in [0.05, 0.1) is 6.61 Å². The molecule has 5 heteroatoms. The van der Waals surface area contributed by atoms with Gasteiger partial charge in [-0.1, -0.05) is 13.8 Å². The van der Waals surface area contributed by atoms with Crippen molar-refractivity contribution >= 4 is 17.7 Å². The SMILES string of the molecule is CCOc1cc(C)c(/C=C(/C#N)C(=O)Nc2ccc(O)cc2)cc1C(C)C. The van der Waals surface area contributed by atoms with Crippen molar-refractivity contribution in [2.24, 2.45) is 0 Å². The molecule has 2 rings (SSSR count). The zero-order chi connectivity index (χ0) is 20.0. The van der Waals surface area contributed by atoms with Gasteiger partial charge in [-0.05, 0) is 78.9 Å². The molecule has 0 aromatic heterocycles. The van der Waals surface area contributed by atoms with Crippen molar-refractivity contribution in [1.29, 1.82) is 5.26 Å². The highest BCUT2D eigenvalue weighted by Crippen LogP contribution is 2.31. The monoisotopic (exact) mass is 364 g/mol. The molecule has 0 aliphatic carbocycles. The number of nitrogens with one attached hydrogen (secondary N) is 1. The molecule has 0 bridgehead atoms. The lowest BCUT2D eigenvalue weighted by Gasteiger charge is -2.16. The fourth-order valence-electron chi connectivity index (χ4n) is 2.65. The Balaban J connectivity index is 2.36. The second kappa shape index (κ2) is 8.91. The summed E-state index contributed by atoms with van der Waals surface area (Å²) in [5, 5.41) is 21.4. The highest BCUT2D eigenvalue weighted by Gasteiger charge is 2.14. The zero-order valence-electron chi connectivity index (χ0n) is 16.0. The van der Waals surface area contributed by atoms with E-state index in [2.05, 4.69) is 19.2 Å². The number of aromatic hydroxyl groups is 1. The molecule has 0 saturated carbocycles. The molecule has 1 amide bonds. The fraction of sp³-hybridized carbons (Fsp3) is 0.273. The molecule has 0 aliphatic heterocycles. The van der Waals surface area contributed by atoms with E-state index in [0.29, 0.717) is 12.3 Å². The van der Waals surface area contributed by atoms with E-state index in [1.165, 1.54) is 12.1 Å². The lowest BCUT2D eigenvalue weighted by Crippen LogP contribution is -2.13. The molecule has 140 valence electrons. The normalized spacial score (nSPS) is 11.2. The summed E-state index contributed by atoms with van der Waals surface area (Å²) < 4.78 is 5.72. The van der Waals surface area contributed by atoms with Gasteiger partial charge < -0.3 is 15.2 Å². The first kappa shape index (κ1) is 20.1. The molecule has 0 radical (unpaired) electrons. The molecule has 0 atom stereocenters. The maximum atomic E-state index is 12.4. The molecule has 0 heterocycles. The van der Waals surface area contributed by atoms with Gasteiger partial charge in [-0.15, -0.1) is 0 Å². The van der Waals surface area contributed by atoms with E-state index in [0.717, 1.165) is 22.4 Å². The van der Waals surface area contributed by atoms with Crippen LogP contribution < -0.4 is 10.1 Å². The van der Waals surface area contributed by atoms with E-state index >= 15 is 0 Å². The summed E-state index contributed by atoms with van der Waals surface area (Å²) >= 11 is 0. The third-order valence-corrected chi connectivity index (χ3v) is 4.11. The molecule has 2 N–H and O–H groups in total. The molecule has 0 aliphatic rings. The van der Waals surface area contributed by atoms with Gasteiger partial charge in [0.1, 0.15) is 23.1 Å². The van der Waals surface area contributed by atoms with Crippen LogP contribution in [0.4, 0.5) is 5.69 Å². The summed E-state index contributed by atoms with van der Waals surface area (Å²) in [5.74, 6) is 0.683. The van der Waals surface area contributed by atoms with Gasteiger partial charge in [0.15, 0.2) is 0 Å². The smallest absolute Gasteiger partial charge is 0.266 e. The van der Waals surface area contributed by atoms with Crippen molar-refractivity contribution in [2.45, 2.75) is 33.6 Å². The number of phenolic OH excluding ortho intramolecular Hbond substituents is 1. The summed E-state index contributed by atoms with van der Waals surface area (Å²) in [6.07, 6.45) is 1.59. The van der Waals surface area contributed by atoms with E-state index in [4.69, 9.17) is 4.74 Å². The maximum Gasteiger partial charge on any atom is 0.266 e. The molecule has 0 unspecified atom stereocenters. The molecule has 0 saturated heterocycles. The van der Waals surface area contributed by atoms with Crippen LogP contribution in [0, 0.1) is 18.3 Å². The first-order valence-corrected chi connectivity index (χ1v) is 8.85. The van der Waals surface area contributed by atoms with Crippen LogP contribution in [0.1, 0.15) is 43.4 Å². The Hall–Kier alpha value is -3.26. The molecule has 2 aromatic rings. The van der Waals surface area contributed by atoms with Crippen LogP contribution in [0.15, 0.2) is 42.0 Å². The Morgan fingerprint density at radius 3 is 2.52 bits per heavy atom. The Kier molecular flexibility index (Phi) is 6.62. The summed E-state index contributed by atoms with van der Waals surface area (Å²) in [6.45, 7) is 8.58. The van der Waals surface area contributed by atoms with Crippen LogP contribution in [-0.2, 0) is 4.79 Å². The third kappa shape index (κ3) is 5.11. The average molecular weight is 364 g/mol. The number of anilines is 1. The lowest BCUT2D eigenvalue weighted by molar-refractivity contribution is -0.112. The van der Waals surface area contributed by atoms with Crippen LogP contribution in [-0.4, -0.2) is 17.6 Å². The maximum absolute atomic E-state index is 12.4. The van der Waals surface area contributed by atoms with Crippen LogP contribution >= 0.6 is 0 Å². The van der Waals surface area contributed by atoms with Crippen molar-refractivity contribution in [1.82, 2.24) is 0 Å². The van der Waals surface area contributed by atoms with Crippen molar-refractivity contribution in [3.8, 4) is 17.6 Å². The highest BCUT2D eigenvalue weighted by atomic mass is 16.5. The molecule has 2 aromatic carbocycles. The predicted molar refractivity (Wildman–Crippen MR) is 107 cm³/mol. The number of nitriles is 1. The molecule has 27 heavy (non-hydrogen) atoms. The summed E-state index contributed by atoms with van der Waals surface area (Å²) in [6, 6.07) is 12.0. The van der Waals surface area contributed by atoms with Gasteiger partial charge >= 0.3 is 0 Å². The standard InChI is InChI=1S/C22H24N2O3/c1-5-27-21-10-15(4)16(12-20(21)14(2)3)11-17(13-23)22(26)24-18-6-8-19(25)9-7-18/h6-12,14,25H,5H2,1-4H3,(H,24,26)/b17-11-. The number of carbonyl (C=O) groups is 1. The third-order valence-electron chi connectivity index (χ3n) is 4.11. The summed E-state index contributed by atoms with van der Waals surface area (Å²) in [4.78, 5) is 12.4. The number of amides is 1. The largest absolute Gasteiger partial charge is 0.508 e. The van der Waals surface area contributed by atoms with E-state index in [-0.39, 0.29) is 17.2 Å². The number of aryl methyl sites for hydroxylation is 1. The van der Waals surface area contributed by atoms with E-state index in [1.54, 1.807) is 18.2 Å². The number of nitrogens with zero attached hydrogens (tertiary/aromatic N) is 1. The molecular formula is C22H24N2O3. The highest BCUT2D eigenvalue weighted by molar-refractivity contribution is 6.09. The van der Waals surface area contributed by atoms with Gasteiger partial charge in [0.25, 0.3) is 5.91 Å². The zero-order valence-corrected chi connectivity index (χ0v) is 16.0. The summed E-state index contributed by atoms with van der Waals surface area (Å²) in [7, 11) is 0. The van der Waals surface area contributed by atoms with Gasteiger partial charge in [-0.25, -0.2) is 0 Å². The van der Waals surface area contributed by atoms with E-state index in [1.807, 2.05) is 32.0 Å². The van der Waals surface area contributed by atoms with Crippen molar-refractivity contribution in [3.05, 3.63) is 58.7 Å². The number of hydrogen-bond donors (Lipinski definition) is 2. The van der Waals surface area contributed by atoms with Crippen LogP contribution in [0.2, 0.25) is 0 Å². The molecule has 0 fully saturated rings. The number of hydrogen-bond acceptors (Lipinski definition) is 4. The first-order valence-electron chi connectivity index (χ1n) is 8.85. The van der Waals surface area contributed by atoms with E-state index in [9.17, 15) is 15.2 Å². The van der Waals surface area contributed by atoms with Gasteiger partial charge in [0.2, 0.25) is 0 Å². The molecule has 0 spiro atoms. The number of phenols is 1. The molecule has 5 nitrogen and oxygen atoms in total. The Labute approximate surface area is 159 Å². The second-order valence-corrected chi connectivity index (χ2v) is 6.51. The lowest BCUT2D eigenvalue weighted by atomic mass is 9.95. The van der Waals surface area contributed by atoms with Gasteiger partial charge in [0, 0.05) is 5.69 Å². The average Bonchev–Trinajstić information content (AvgIpc) is 2.63. The first-order chi connectivity index (χ1) is 12.8. The van der Waals surface area contributed by atoms with Crippen molar-refractivity contribution in [3.63, 3.8) is 0 Å². The van der Waals surface area contributed by atoms with Gasteiger partial charge in [-0.3, -0.25) is 4.79 Å². The molecular weight excluding hydrogens is 340 g/mol. The minimum absolute atomic E-state index is 0.00467. The Bertz CT molecular complexity index is 891. The van der Waals surface area contributed by atoms with Crippen molar-refractivity contribution < 1.29 is 14.6 Å². The second-order valence-electron chi connectivity index (χ2n) is 6.51. The minimum atomic E-state index is -0.498. The van der Waals surface area contributed by atoms with E-state index < -0.39 is 5.91 Å². The predicted octanol–water partition coefficient (Wildman–Crippen LogP) is 4.77. The number of rotatable bonds is 6. The minimum Gasteiger partial charge on any atom is -0.508 e. The van der Waals surface area contributed by atoms with Crippen LogP contribution in [0.25, 0.3) is 6.08 Å². The van der Waals surface area contributed by atoms with Crippen molar-refractivity contribution in [2.75, 3.05) is 11.9 Å². The Morgan fingerprint density at radius 2 is 1.96 bits per heavy atom.